The van der Waals surface area contributed by atoms with Gasteiger partial charge in [0.15, 0.2) is 0 Å². The summed E-state index contributed by atoms with van der Waals surface area (Å²) in [7, 11) is 0. The third kappa shape index (κ3) is 3.38. The first-order valence-corrected chi connectivity index (χ1v) is 10.2. The van der Waals surface area contributed by atoms with Crippen molar-refractivity contribution in [1.82, 2.24) is 9.88 Å². The summed E-state index contributed by atoms with van der Waals surface area (Å²) in [4.78, 5) is 18.3. The summed E-state index contributed by atoms with van der Waals surface area (Å²) in [6, 6.07) is 10.3. The Labute approximate surface area is 165 Å². The number of alkyl halides is 1. The van der Waals surface area contributed by atoms with E-state index < -0.39 is 11.6 Å². The molecular formula is C23H27FN2O2. The number of hydrogen-bond acceptors (Lipinski definition) is 3. The molecule has 0 radical (unpaired) electrons. The van der Waals surface area contributed by atoms with E-state index in [9.17, 15) is 4.79 Å². The van der Waals surface area contributed by atoms with Crippen LogP contribution in [0.4, 0.5) is 9.18 Å². The molecule has 1 aliphatic heterocycles. The number of likely N-dealkylation sites (tertiary alicyclic amines) is 1. The van der Waals surface area contributed by atoms with Crippen molar-refractivity contribution in [3.05, 3.63) is 64.5 Å². The van der Waals surface area contributed by atoms with Crippen LogP contribution in [-0.4, -0.2) is 41.3 Å². The predicted molar refractivity (Wildman–Crippen MR) is 106 cm³/mol. The molecule has 0 saturated carbocycles. The van der Waals surface area contributed by atoms with Crippen LogP contribution in [0.25, 0.3) is 0 Å². The molecule has 1 fully saturated rings. The second-order valence-corrected chi connectivity index (χ2v) is 7.90. The average molecular weight is 382 g/mol. The highest BCUT2D eigenvalue weighted by Crippen LogP contribution is 2.47. The second kappa shape index (κ2) is 7.53. The summed E-state index contributed by atoms with van der Waals surface area (Å²) < 4.78 is 21.6. The van der Waals surface area contributed by atoms with Crippen molar-refractivity contribution < 1.29 is 13.9 Å². The van der Waals surface area contributed by atoms with Crippen molar-refractivity contribution in [2.24, 2.45) is 0 Å². The minimum atomic E-state index is -1.43. The number of amides is 1. The summed E-state index contributed by atoms with van der Waals surface area (Å²) in [6.45, 7) is 4.94. The van der Waals surface area contributed by atoms with Crippen LogP contribution in [0.3, 0.4) is 0 Å². The number of rotatable bonds is 2. The minimum absolute atomic E-state index is 0.291. The number of nitrogens with zero attached hydrogens (tertiary/aromatic N) is 2. The quantitative estimate of drug-likeness (QED) is 0.763. The van der Waals surface area contributed by atoms with Gasteiger partial charge in [0, 0.05) is 32.1 Å². The van der Waals surface area contributed by atoms with E-state index in [2.05, 4.69) is 36.2 Å². The largest absolute Gasteiger partial charge is 0.450 e. The van der Waals surface area contributed by atoms with E-state index in [1.54, 1.807) is 18.0 Å². The topological polar surface area (TPSA) is 42.4 Å². The summed E-state index contributed by atoms with van der Waals surface area (Å²) in [5.41, 5.74) is 4.02. The molecule has 1 aromatic carbocycles. The monoisotopic (exact) mass is 382 g/mol. The molecule has 148 valence electrons. The number of aromatic nitrogens is 1. The zero-order chi connectivity index (χ0) is 19.7. The lowest BCUT2D eigenvalue weighted by Crippen LogP contribution is -2.48. The molecule has 5 heteroatoms. The van der Waals surface area contributed by atoms with Crippen molar-refractivity contribution in [1.29, 1.82) is 0 Å². The molecule has 1 aromatic heterocycles. The van der Waals surface area contributed by atoms with Gasteiger partial charge >= 0.3 is 6.09 Å². The Morgan fingerprint density at radius 3 is 2.75 bits per heavy atom. The Morgan fingerprint density at radius 2 is 2.00 bits per heavy atom. The van der Waals surface area contributed by atoms with Gasteiger partial charge in [-0.2, -0.15) is 0 Å². The van der Waals surface area contributed by atoms with E-state index in [0.29, 0.717) is 32.5 Å². The number of hydrogen-bond donors (Lipinski definition) is 0. The van der Waals surface area contributed by atoms with Crippen LogP contribution in [0, 0.1) is 6.92 Å². The van der Waals surface area contributed by atoms with Crippen molar-refractivity contribution in [2.45, 2.75) is 51.1 Å². The molecule has 1 atom stereocenters. The second-order valence-electron chi connectivity index (χ2n) is 7.90. The van der Waals surface area contributed by atoms with Crippen LogP contribution in [0.1, 0.15) is 53.6 Å². The van der Waals surface area contributed by atoms with Crippen molar-refractivity contribution in [3.8, 4) is 0 Å². The van der Waals surface area contributed by atoms with E-state index in [0.717, 1.165) is 29.7 Å². The Balaban J connectivity index is 1.71. The maximum absolute atomic E-state index is 16.5. The molecule has 4 nitrogen and oxygen atoms in total. The number of fused-ring (bicyclic) bond motifs is 2. The maximum Gasteiger partial charge on any atom is 0.409 e. The highest BCUT2D eigenvalue weighted by Gasteiger charge is 2.47. The van der Waals surface area contributed by atoms with E-state index in [1.165, 1.54) is 11.1 Å². The number of ether oxygens (including phenoxy) is 1. The zero-order valence-electron chi connectivity index (χ0n) is 16.6. The lowest BCUT2D eigenvalue weighted by Gasteiger charge is -2.41. The Bertz CT molecular complexity index is 875. The summed E-state index contributed by atoms with van der Waals surface area (Å²) >= 11 is 0. The highest BCUT2D eigenvalue weighted by molar-refractivity contribution is 5.67. The van der Waals surface area contributed by atoms with Crippen LogP contribution < -0.4 is 0 Å². The normalized spacial score (nSPS) is 20.7. The minimum Gasteiger partial charge on any atom is -0.450 e. The van der Waals surface area contributed by atoms with Crippen LogP contribution in [0.15, 0.2) is 36.5 Å². The molecule has 2 aliphatic rings. The molecule has 28 heavy (non-hydrogen) atoms. The molecule has 0 spiro atoms. The molecule has 1 unspecified atom stereocenters. The SMILES string of the molecule is CCOC(=O)N1CCC(F)(C2c3ccc(C)cc3CCc3cccnc32)CC1. The molecule has 2 heterocycles. The fourth-order valence-electron chi connectivity index (χ4n) is 4.66. The van der Waals surface area contributed by atoms with Gasteiger partial charge in [0.1, 0.15) is 5.67 Å². The van der Waals surface area contributed by atoms with E-state index in [-0.39, 0.29) is 6.09 Å². The van der Waals surface area contributed by atoms with Gasteiger partial charge in [-0.3, -0.25) is 4.98 Å². The first kappa shape index (κ1) is 18.9. The first-order valence-electron chi connectivity index (χ1n) is 10.2. The smallest absolute Gasteiger partial charge is 0.409 e. The van der Waals surface area contributed by atoms with Gasteiger partial charge in [-0.15, -0.1) is 0 Å². The molecule has 0 bridgehead atoms. The zero-order valence-corrected chi connectivity index (χ0v) is 16.6. The molecule has 4 rings (SSSR count). The third-order valence-electron chi connectivity index (χ3n) is 6.11. The number of carbonyl (C=O) groups is 1. The number of piperidine rings is 1. The summed E-state index contributed by atoms with van der Waals surface area (Å²) in [5, 5.41) is 0. The predicted octanol–water partition coefficient (Wildman–Crippen LogP) is 4.58. The summed E-state index contributed by atoms with van der Waals surface area (Å²) in [5.74, 6) is -0.397. The lowest BCUT2D eigenvalue weighted by molar-refractivity contribution is 0.0347. The number of carbonyl (C=O) groups excluding carboxylic acids is 1. The van der Waals surface area contributed by atoms with Crippen LogP contribution in [-0.2, 0) is 17.6 Å². The van der Waals surface area contributed by atoms with Crippen LogP contribution in [0.5, 0.6) is 0 Å². The van der Waals surface area contributed by atoms with Gasteiger partial charge in [-0.25, -0.2) is 9.18 Å². The number of halogens is 1. The molecule has 2 aromatic rings. The lowest BCUT2D eigenvalue weighted by atomic mass is 9.74. The number of aryl methyl sites for hydroxylation is 3. The standard InChI is InChI=1S/C23H27FN2O2/c1-3-28-22(27)26-13-10-23(24,11-14-26)20-19-9-6-16(2)15-18(19)8-7-17-5-4-12-25-21(17)20/h4-6,9,12,15,20H,3,7-8,10-11,13-14H2,1-2H3. The van der Waals surface area contributed by atoms with E-state index >= 15 is 4.39 Å². The van der Waals surface area contributed by atoms with Crippen molar-refractivity contribution in [3.63, 3.8) is 0 Å². The highest BCUT2D eigenvalue weighted by atomic mass is 19.1. The van der Waals surface area contributed by atoms with Gasteiger partial charge < -0.3 is 9.64 Å². The Morgan fingerprint density at radius 1 is 1.25 bits per heavy atom. The van der Waals surface area contributed by atoms with Gasteiger partial charge in [-0.05, 0) is 49.4 Å². The molecule has 1 amide bonds. The molecule has 0 N–H and O–H groups in total. The van der Waals surface area contributed by atoms with Gasteiger partial charge in [0.05, 0.1) is 18.2 Å². The van der Waals surface area contributed by atoms with Crippen LogP contribution >= 0.6 is 0 Å². The summed E-state index contributed by atoms with van der Waals surface area (Å²) in [6.07, 6.45) is 3.78. The van der Waals surface area contributed by atoms with E-state index in [1.807, 2.05) is 6.07 Å². The van der Waals surface area contributed by atoms with Gasteiger partial charge in [0.2, 0.25) is 0 Å². The first-order chi connectivity index (χ1) is 13.5. The fraction of sp³-hybridized carbons (Fsp3) is 0.478. The van der Waals surface area contributed by atoms with Gasteiger partial charge in [0.25, 0.3) is 0 Å². The van der Waals surface area contributed by atoms with Crippen molar-refractivity contribution >= 4 is 6.09 Å². The third-order valence-corrected chi connectivity index (χ3v) is 6.11. The Hall–Kier alpha value is -2.43. The number of benzene rings is 1. The van der Waals surface area contributed by atoms with Crippen LogP contribution in [0.2, 0.25) is 0 Å². The molecule has 1 saturated heterocycles. The fourth-order valence-corrected chi connectivity index (χ4v) is 4.66. The molecule has 1 aliphatic carbocycles. The van der Waals surface area contributed by atoms with E-state index in [4.69, 9.17) is 4.74 Å². The average Bonchev–Trinajstić information content (AvgIpc) is 2.85. The maximum atomic E-state index is 16.5. The molecular weight excluding hydrogens is 355 g/mol. The van der Waals surface area contributed by atoms with Gasteiger partial charge in [-0.1, -0.05) is 29.8 Å². The Kier molecular flexibility index (Phi) is 5.09. The van der Waals surface area contributed by atoms with Crippen molar-refractivity contribution in [2.75, 3.05) is 19.7 Å². The number of pyridine rings is 1.